The molecule has 0 aliphatic carbocycles. The molecule has 1 amide bonds. The van der Waals surface area contributed by atoms with Crippen LogP contribution in [0.1, 0.15) is 32.4 Å². The lowest BCUT2D eigenvalue weighted by Crippen LogP contribution is -2.45. The van der Waals surface area contributed by atoms with Crippen molar-refractivity contribution in [3.63, 3.8) is 0 Å². The Kier molecular flexibility index (Phi) is 4.46. The van der Waals surface area contributed by atoms with Crippen LogP contribution in [0.3, 0.4) is 0 Å². The Labute approximate surface area is 112 Å². The summed E-state index contributed by atoms with van der Waals surface area (Å²) < 4.78 is 0. The van der Waals surface area contributed by atoms with E-state index in [-0.39, 0.29) is 5.91 Å². The first-order valence-electron chi connectivity index (χ1n) is 6.45. The summed E-state index contributed by atoms with van der Waals surface area (Å²) in [5.41, 5.74) is 6.56. The number of carbonyl (C=O) groups excluding carboxylic acids is 1. The van der Waals surface area contributed by atoms with Gasteiger partial charge in [-0.1, -0.05) is 19.9 Å². The molecule has 1 aliphatic heterocycles. The quantitative estimate of drug-likeness (QED) is 0.731. The average Bonchev–Trinajstić information content (AvgIpc) is 2.86. The third kappa shape index (κ3) is 4.03. The molecular weight excluding hydrogens is 242 g/mol. The number of hydrogen-bond acceptors (Lipinski definition) is 5. The molecule has 0 bridgehead atoms. The molecule has 0 fully saturated rings. The van der Waals surface area contributed by atoms with E-state index in [2.05, 4.69) is 40.0 Å². The van der Waals surface area contributed by atoms with Crippen molar-refractivity contribution in [3.05, 3.63) is 30.1 Å². The van der Waals surface area contributed by atoms with Crippen LogP contribution in [-0.4, -0.2) is 23.0 Å². The molecular formula is C13H19N5O. The molecule has 3 N–H and O–H groups in total. The van der Waals surface area contributed by atoms with E-state index in [0.717, 1.165) is 12.1 Å². The lowest BCUT2D eigenvalue weighted by molar-refractivity contribution is -0.122. The van der Waals surface area contributed by atoms with Gasteiger partial charge in [0.15, 0.2) is 12.1 Å². The lowest BCUT2D eigenvalue weighted by atomic mass is 10.1. The lowest BCUT2D eigenvalue weighted by Gasteiger charge is -2.10. The first-order valence-corrected chi connectivity index (χ1v) is 6.45. The molecule has 1 aromatic rings. The number of nitrogens with one attached hydrogen (secondary N) is 3. The number of aromatic nitrogens is 1. The number of amides is 1. The topological polar surface area (TPSA) is 78.4 Å². The number of amidine groups is 1. The van der Waals surface area contributed by atoms with Crippen LogP contribution in [0.4, 0.5) is 0 Å². The first-order chi connectivity index (χ1) is 9.15. The zero-order chi connectivity index (χ0) is 13.7. The second-order valence-electron chi connectivity index (χ2n) is 4.86. The maximum Gasteiger partial charge on any atom is 0.222 e. The van der Waals surface area contributed by atoms with Crippen LogP contribution < -0.4 is 16.2 Å². The Morgan fingerprint density at radius 1 is 1.47 bits per heavy atom. The van der Waals surface area contributed by atoms with E-state index in [0.29, 0.717) is 18.2 Å². The van der Waals surface area contributed by atoms with Crippen LogP contribution in [-0.2, 0) is 4.79 Å². The summed E-state index contributed by atoms with van der Waals surface area (Å²) in [6.07, 6.45) is 2.66. The number of rotatable bonds is 5. The van der Waals surface area contributed by atoms with Gasteiger partial charge in [-0.3, -0.25) is 9.78 Å². The fourth-order valence-corrected chi connectivity index (χ4v) is 1.68. The van der Waals surface area contributed by atoms with Crippen molar-refractivity contribution < 1.29 is 4.79 Å². The predicted octanol–water partition coefficient (Wildman–Crippen LogP) is 0.772. The van der Waals surface area contributed by atoms with E-state index >= 15 is 0 Å². The Hall–Kier alpha value is -1.95. The monoisotopic (exact) mass is 261 g/mol. The van der Waals surface area contributed by atoms with Crippen LogP contribution in [0.5, 0.6) is 0 Å². The van der Waals surface area contributed by atoms with Gasteiger partial charge < -0.3 is 10.7 Å². The molecule has 102 valence electrons. The molecule has 1 atom stereocenters. The van der Waals surface area contributed by atoms with Crippen LogP contribution in [0.25, 0.3) is 0 Å². The van der Waals surface area contributed by atoms with Crippen LogP contribution >= 0.6 is 0 Å². The van der Waals surface area contributed by atoms with Crippen LogP contribution in [0.15, 0.2) is 29.4 Å². The molecule has 1 aromatic heterocycles. The minimum absolute atomic E-state index is 0.000907. The molecule has 1 aliphatic rings. The summed E-state index contributed by atoms with van der Waals surface area (Å²) in [5, 5.41) is 2.81. The third-order valence-electron chi connectivity index (χ3n) is 2.74. The van der Waals surface area contributed by atoms with Gasteiger partial charge in [0.05, 0.1) is 0 Å². The Balaban J connectivity index is 1.87. The van der Waals surface area contributed by atoms with E-state index in [1.807, 2.05) is 18.2 Å². The Morgan fingerprint density at radius 3 is 3.00 bits per heavy atom. The average molecular weight is 261 g/mol. The largest absolute Gasteiger partial charge is 0.321 e. The highest BCUT2D eigenvalue weighted by Gasteiger charge is 2.19. The maximum atomic E-state index is 11.7. The van der Waals surface area contributed by atoms with E-state index in [1.54, 1.807) is 6.20 Å². The second-order valence-corrected chi connectivity index (χ2v) is 4.86. The molecule has 2 heterocycles. The van der Waals surface area contributed by atoms with Gasteiger partial charge in [-0.15, -0.1) is 0 Å². The standard InChI is InChI=1S/C13H19N5O/c1-9(2)6-7-11(19)15-13-16-12(17-18-13)10-5-3-4-8-14-10/h3-5,8-9,13,18H,6-7H2,1-2H3,(H,15,19)(H,16,17). The smallest absolute Gasteiger partial charge is 0.222 e. The summed E-state index contributed by atoms with van der Waals surface area (Å²) in [6, 6.07) is 5.59. The SMILES string of the molecule is CC(C)CCC(=O)NC1N=C(c2ccccn2)NN1. The van der Waals surface area contributed by atoms with Gasteiger partial charge in [-0.05, 0) is 24.5 Å². The van der Waals surface area contributed by atoms with E-state index in [4.69, 9.17) is 0 Å². The number of hydrogen-bond donors (Lipinski definition) is 3. The molecule has 6 heteroatoms. The summed E-state index contributed by atoms with van der Waals surface area (Å²) in [7, 11) is 0. The van der Waals surface area contributed by atoms with E-state index in [1.165, 1.54) is 0 Å². The number of carbonyl (C=O) groups is 1. The van der Waals surface area contributed by atoms with Crippen LogP contribution in [0.2, 0.25) is 0 Å². The normalized spacial score (nSPS) is 18.1. The van der Waals surface area contributed by atoms with Crippen molar-refractivity contribution >= 4 is 11.7 Å². The van der Waals surface area contributed by atoms with E-state index in [9.17, 15) is 4.79 Å². The van der Waals surface area contributed by atoms with Gasteiger partial charge in [0.1, 0.15) is 5.69 Å². The van der Waals surface area contributed by atoms with Crippen molar-refractivity contribution in [3.8, 4) is 0 Å². The highest BCUT2D eigenvalue weighted by atomic mass is 16.2. The van der Waals surface area contributed by atoms with Crippen molar-refractivity contribution in [1.82, 2.24) is 21.2 Å². The molecule has 2 rings (SSSR count). The number of hydrazine groups is 1. The zero-order valence-electron chi connectivity index (χ0n) is 11.2. The van der Waals surface area contributed by atoms with Gasteiger partial charge in [0, 0.05) is 12.6 Å². The van der Waals surface area contributed by atoms with Gasteiger partial charge in [0.2, 0.25) is 5.91 Å². The summed E-state index contributed by atoms with van der Waals surface area (Å²) in [6.45, 7) is 4.19. The van der Waals surface area contributed by atoms with Crippen molar-refractivity contribution in [2.24, 2.45) is 10.9 Å². The van der Waals surface area contributed by atoms with Crippen molar-refractivity contribution in [2.75, 3.05) is 0 Å². The highest BCUT2D eigenvalue weighted by Crippen LogP contribution is 2.04. The summed E-state index contributed by atoms with van der Waals surface area (Å²) in [4.78, 5) is 20.2. The molecule has 6 nitrogen and oxygen atoms in total. The second kappa shape index (κ2) is 6.29. The Morgan fingerprint density at radius 2 is 2.32 bits per heavy atom. The third-order valence-corrected chi connectivity index (χ3v) is 2.74. The molecule has 0 saturated heterocycles. The van der Waals surface area contributed by atoms with Crippen molar-refractivity contribution in [2.45, 2.75) is 33.0 Å². The summed E-state index contributed by atoms with van der Waals surface area (Å²) >= 11 is 0. The molecule has 0 radical (unpaired) electrons. The first kappa shape index (κ1) is 13.5. The molecule has 1 unspecified atom stereocenters. The minimum atomic E-state index is -0.434. The van der Waals surface area contributed by atoms with Gasteiger partial charge in [0.25, 0.3) is 0 Å². The van der Waals surface area contributed by atoms with Gasteiger partial charge in [-0.25, -0.2) is 4.99 Å². The molecule has 19 heavy (non-hydrogen) atoms. The Bertz CT molecular complexity index is 457. The maximum absolute atomic E-state index is 11.7. The van der Waals surface area contributed by atoms with Crippen molar-refractivity contribution in [1.29, 1.82) is 0 Å². The number of nitrogens with zero attached hydrogens (tertiary/aromatic N) is 2. The molecule has 0 aromatic carbocycles. The zero-order valence-corrected chi connectivity index (χ0v) is 11.2. The fourth-order valence-electron chi connectivity index (χ4n) is 1.68. The van der Waals surface area contributed by atoms with Gasteiger partial charge >= 0.3 is 0 Å². The number of aliphatic imine (C=N–C) groups is 1. The van der Waals surface area contributed by atoms with E-state index < -0.39 is 6.29 Å². The molecule has 0 spiro atoms. The highest BCUT2D eigenvalue weighted by molar-refractivity contribution is 5.97. The van der Waals surface area contributed by atoms with Gasteiger partial charge in [-0.2, -0.15) is 5.43 Å². The minimum Gasteiger partial charge on any atom is -0.321 e. The molecule has 0 saturated carbocycles. The van der Waals surface area contributed by atoms with Crippen LogP contribution in [0, 0.1) is 5.92 Å². The fraction of sp³-hybridized carbons (Fsp3) is 0.462. The summed E-state index contributed by atoms with van der Waals surface area (Å²) in [5.74, 6) is 1.15. The number of pyridine rings is 1. The predicted molar refractivity (Wildman–Crippen MR) is 73.0 cm³/mol.